The van der Waals surface area contributed by atoms with Gasteiger partial charge in [0, 0.05) is 24.2 Å². The normalized spacial score (nSPS) is 24.2. The van der Waals surface area contributed by atoms with Gasteiger partial charge in [0.05, 0.1) is 7.11 Å². The lowest BCUT2D eigenvalue weighted by molar-refractivity contribution is 0.309. The van der Waals surface area contributed by atoms with Gasteiger partial charge in [0.25, 0.3) is 0 Å². The van der Waals surface area contributed by atoms with E-state index in [-0.39, 0.29) is 0 Å². The molecular formula is C18H28N2O. The van der Waals surface area contributed by atoms with Crippen LogP contribution in [0.15, 0.2) is 18.2 Å². The van der Waals surface area contributed by atoms with Crippen LogP contribution in [0.2, 0.25) is 0 Å². The minimum atomic E-state index is 0.342. The first-order valence-corrected chi connectivity index (χ1v) is 8.29. The molecule has 0 amide bonds. The third-order valence-corrected chi connectivity index (χ3v) is 4.94. The second-order valence-corrected chi connectivity index (χ2v) is 6.76. The third-order valence-electron chi connectivity index (χ3n) is 4.94. The maximum Gasteiger partial charge on any atom is 0.123 e. The van der Waals surface area contributed by atoms with Crippen LogP contribution in [0, 0.1) is 12.8 Å². The van der Waals surface area contributed by atoms with Crippen LogP contribution in [0.4, 0.5) is 0 Å². The molecule has 21 heavy (non-hydrogen) atoms. The molecular weight excluding hydrogens is 260 g/mol. The van der Waals surface area contributed by atoms with Crippen molar-refractivity contribution in [3.05, 3.63) is 29.3 Å². The van der Waals surface area contributed by atoms with Crippen molar-refractivity contribution in [2.45, 2.75) is 45.2 Å². The van der Waals surface area contributed by atoms with Gasteiger partial charge >= 0.3 is 0 Å². The maximum atomic E-state index is 5.50. The van der Waals surface area contributed by atoms with Gasteiger partial charge in [-0.2, -0.15) is 0 Å². The number of aryl methyl sites for hydroxylation is 1. The Morgan fingerprint density at radius 3 is 2.86 bits per heavy atom. The molecule has 1 aliphatic carbocycles. The molecule has 1 saturated heterocycles. The van der Waals surface area contributed by atoms with Crippen LogP contribution in [0.3, 0.4) is 0 Å². The zero-order valence-corrected chi connectivity index (χ0v) is 13.6. The highest BCUT2D eigenvalue weighted by molar-refractivity contribution is 5.38. The fraction of sp³-hybridized carbons (Fsp3) is 0.667. The summed E-state index contributed by atoms with van der Waals surface area (Å²) in [6, 6.07) is 7.69. The van der Waals surface area contributed by atoms with Crippen molar-refractivity contribution < 1.29 is 4.74 Å². The molecule has 2 aliphatic rings. The molecule has 116 valence electrons. The van der Waals surface area contributed by atoms with Gasteiger partial charge in [0.15, 0.2) is 0 Å². The molecule has 0 aromatic heterocycles. The number of ether oxygens (including phenoxy) is 1. The fourth-order valence-corrected chi connectivity index (χ4v) is 3.45. The van der Waals surface area contributed by atoms with Crippen molar-refractivity contribution in [2.24, 2.45) is 5.92 Å². The summed E-state index contributed by atoms with van der Waals surface area (Å²) in [5.74, 6) is 1.80. The summed E-state index contributed by atoms with van der Waals surface area (Å²) in [6.07, 6.45) is 4.20. The summed E-state index contributed by atoms with van der Waals surface area (Å²) >= 11 is 0. The van der Waals surface area contributed by atoms with E-state index in [2.05, 4.69) is 42.3 Å². The Hall–Kier alpha value is -1.06. The van der Waals surface area contributed by atoms with Gasteiger partial charge in [-0.3, -0.25) is 0 Å². The minimum absolute atomic E-state index is 0.342. The molecule has 1 N–H and O–H groups in total. The first-order chi connectivity index (χ1) is 10.2. The van der Waals surface area contributed by atoms with Crippen molar-refractivity contribution in [3.8, 4) is 5.75 Å². The molecule has 3 nitrogen and oxygen atoms in total. The van der Waals surface area contributed by atoms with E-state index in [4.69, 9.17) is 4.74 Å². The fourth-order valence-electron chi connectivity index (χ4n) is 3.45. The summed E-state index contributed by atoms with van der Waals surface area (Å²) in [6.45, 7) is 8.08. The van der Waals surface area contributed by atoms with Gasteiger partial charge in [-0.05, 0) is 58.2 Å². The Morgan fingerprint density at radius 2 is 2.14 bits per heavy atom. The molecule has 1 aromatic rings. The van der Waals surface area contributed by atoms with Gasteiger partial charge in [0.2, 0.25) is 0 Å². The number of nitrogens with one attached hydrogen (secondary N) is 1. The molecule has 3 rings (SSSR count). The zero-order chi connectivity index (χ0) is 14.8. The molecule has 0 spiro atoms. The van der Waals surface area contributed by atoms with Gasteiger partial charge in [-0.15, -0.1) is 0 Å². The SMILES string of the molecule is COc1ccc(C)cc1C(C)NCC1CCN(C2CC2)C1. The van der Waals surface area contributed by atoms with Crippen LogP contribution in [-0.4, -0.2) is 37.7 Å². The van der Waals surface area contributed by atoms with Crippen LogP contribution in [0.25, 0.3) is 0 Å². The number of hydrogen-bond donors (Lipinski definition) is 1. The largest absolute Gasteiger partial charge is 0.496 e. The number of benzene rings is 1. The summed E-state index contributed by atoms with van der Waals surface area (Å²) < 4.78 is 5.50. The number of methoxy groups -OCH3 is 1. The topological polar surface area (TPSA) is 24.5 Å². The monoisotopic (exact) mass is 288 g/mol. The first-order valence-electron chi connectivity index (χ1n) is 8.29. The van der Waals surface area contributed by atoms with E-state index in [9.17, 15) is 0 Å². The van der Waals surface area contributed by atoms with E-state index in [0.717, 1.165) is 24.3 Å². The number of nitrogens with zero attached hydrogens (tertiary/aromatic N) is 1. The molecule has 2 unspecified atom stereocenters. The zero-order valence-electron chi connectivity index (χ0n) is 13.6. The average Bonchev–Trinajstić information content (AvgIpc) is 3.24. The van der Waals surface area contributed by atoms with Crippen molar-refractivity contribution >= 4 is 0 Å². The van der Waals surface area contributed by atoms with Gasteiger partial charge in [0.1, 0.15) is 5.75 Å². The van der Waals surface area contributed by atoms with Crippen molar-refractivity contribution in [1.82, 2.24) is 10.2 Å². The average molecular weight is 288 g/mol. The predicted molar refractivity (Wildman–Crippen MR) is 86.9 cm³/mol. The lowest BCUT2D eigenvalue weighted by Crippen LogP contribution is -2.29. The van der Waals surface area contributed by atoms with E-state index in [1.165, 1.54) is 43.5 Å². The summed E-state index contributed by atoms with van der Waals surface area (Å²) in [5.41, 5.74) is 2.56. The number of likely N-dealkylation sites (tertiary alicyclic amines) is 1. The molecule has 1 aromatic carbocycles. The summed E-state index contributed by atoms with van der Waals surface area (Å²) in [4.78, 5) is 2.68. The van der Waals surface area contributed by atoms with Gasteiger partial charge < -0.3 is 15.0 Å². The van der Waals surface area contributed by atoms with E-state index < -0.39 is 0 Å². The molecule has 1 heterocycles. The minimum Gasteiger partial charge on any atom is -0.496 e. The lowest BCUT2D eigenvalue weighted by atomic mass is 10.0. The molecule has 2 fully saturated rings. The van der Waals surface area contributed by atoms with E-state index >= 15 is 0 Å². The summed E-state index contributed by atoms with van der Waals surface area (Å²) in [7, 11) is 1.76. The van der Waals surface area contributed by atoms with Crippen LogP contribution < -0.4 is 10.1 Å². The highest BCUT2D eigenvalue weighted by atomic mass is 16.5. The van der Waals surface area contributed by atoms with Crippen LogP contribution in [-0.2, 0) is 0 Å². The lowest BCUT2D eigenvalue weighted by Gasteiger charge is -2.20. The van der Waals surface area contributed by atoms with E-state index in [1.54, 1.807) is 7.11 Å². The second kappa shape index (κ2) is 6.37. The van der Waals surface area contributed by atoms with Crippen molar-refractivity contribution in [1.29, 1.82) is 0 Å². The van der Waals surface area contributed by atoms with E-state index in [0.29, 0.717) is 6.04 Å². The smallest absolute Gasteiger partial charge is 0.123 e. The molecule has 1 saturated carbocycles. The Bertz CT molecular complexity index is 484. The molecule has 1 aliphatic heterocycles. The predicted octanol–water partition coefficient (Wildman–Crippen LogP) is 3.14. The van der Waals surface area contributed by atoms with Gasteiger partial charge in [-0.1, -0.05) is 17.7 Å². The Balaban J connectivity index is 1.54. The number of hydrogen-bond acceptors (Lipinski definition) is 3. The number of rotatable bonds is 6. The standard InChI is InChI=1S/C18H28N2O/c1-13-4-7-18(21-3)17(10-13)14(2)19-11-15-8-9-20(12-15)16-5-6-16/h4,7,10,14-16,19H,5-6,8-9,11-12H2,1-3H3. The van der Waals surface area contributed by atoms with Crippen LogP contribution in [0.5, 0.6) is 5.75 Å². The Labute approximate surface area is 128 Å². The first kappa shape index (κ1) is 14.9. The molecule has 0 bridgehead atoms. The van der Waals surface area contributed by atoms with Crippen molar-refractivity contribution in [2.75, 3.05) is 26.7 Å². The Kier molecular flexibility index (Phi) is 4.51. The van der Waals surface area contributed by atoms with E-state index in [1.807, 2.05) is 0 Å². The maximum absolute atomic E-state index is 5.50. The second-order valence-electron chi connectivity index (χ2n) is 6.76. The highest BCUT2D eigenvalue weighted by Gasteiger charge is 2.34. The van der Waals surface area contributed by atoms with Crippen LogP contribution in [0.1, 0.15) is 43.4 Å². The Morgan fingerprint density at radius 1 is 1.33 bits per heavy atom. The molecule has 2 atom stereocenters. The van der Waals surface area contributed by atoms with Gasteiger partial charge in [-0.25, -0.2) is 0 Å². The third kappa shape index (κ3) is 3.58. The van der Waals surface area contributed by atoms with Crippen LogP contribution >= 0.6 is 0 Å². The molecule has 3 heteroatoms. The van der Waals surface area contributed by atoms with Crippen molar-refractivity contribution in [3.63, 3.8) is 0 Å². The summed E-state index contributed by atoms with van der Waals surface area (Å²) in [5, 5.41) is 3.72. The molecule has 0 radical (unpaired) electrons. The quantitative estimate of drug-likeness (QED) is 0.870. The highest BCUT2D eigenvalue weighted by Crippen LogP contribution is 2.32.